The van der Waals surface area contributed by atoms with Crippen molar-refractivity contribution in [3.63, 3.8) is 0 Å². The van der Waals surface area contributed by atoms with E-state index >= 15 is 0 Å². The second kappa shape index (κ2) is 11.0. The van der Waals surface area contributed by atoms with Crippen molar-refractivity contribution in [1.29, 1.82) is 0 Å². The second-order valence-corrected chi connectivity index (χ2v) is 9.31. The summed E-state index contributed by atoms with van der Waals surface area (Å²) in [6, 6.07) is 15.0. The Bertz CT molecular complexity index is 1480. The van der Waals surface area contributed by atoms with Gasteiger partial charge in [0, 0.05) is 0 Å². The number of carboxylic acids is 1. The molecule has 1 aliphatic heterocycles. The Balaban J connectivity index is 1.65. The highest BCUT2D eigenvalue weighted by atomic mass is 127. The van der Waals surface area contributed by atoms with E-state index in [0.29, 0.717) is 26.2 Å². The Morgan fingerprint density at radius 3 is 2.62 bits per heavy atom. The lowest BCUT2D eigenvalue weighted by molar-refractivity contribution is -0.122. The van der Waals surface area contributed by atoms with E-state index in [1.807, 2.05) is 22.6 Å². The van der Waals surface area contributed by atoms with E-state index in [-0.39, 0.29) is 34.4 Å². The fourth-order valence-corrected chi connectivity index (χ4v) is 4.64. The molecule has 188 valence electrons. The number of carbonyl (C=O) groups excluding carboxylic acids is 2. The molecule has 0 aromatic heterocycles. The van der Waals surface area contributed by atoms with Crippen molar-refractivity contribution in [3.05, 3.63) is 92.3 Å². The Kier molecular flexibility index (Phi) is 7.83. The number of hydrogen-bond acceptors (Lipinski definition) is 6. The number of thiocarbonyl (C=S) groups is 1. The van der Waals surface area contributed by atoms with Gasteiger partial charge in [0.15, 0.2) is 16.6 Å². The second-order valence-electron chi connectivity index (χ2n) is 7.77. The molecule has 3 aromatic rings. The first-order chi connectivity index (χ1) is 17.7. The van der Waals surface area contributed by atoms with E-state index in [1.54, 1.807) is 24.3 Å². The Labute approximate surface area is 229 Å². The first-order valence-corrected chi connectivity index (χ1v) is 12.2. The van der Waals surface area contributed by atoms with Gasteiger partial charge in [-0.1, -0.05) is 18.2 Å². The fraction of sp³-hybridized carbons (Fsp3) is 0.0769. The summed E-state index contributed by atoms with van der Waals surface area (Å²) >= 11 is 7.22. The Hall–Kier alpha value is -3.84. The van der Waals surface area contributed by atoms with E-state index in [1.165, 1.54) is 49.6 Å². The number of hydrogen-bond donors (Lipinski definition) is 2. The van der Waals surface area contributed by atoms with Crippen molar-refractivity contribution in [2.45, 2.75) is 6.61 Å². The summed E-state index contributed by atoms with van der Waals surface area (Å²) < 4.78 is 25.4. The average molecular weight is 632 g/mol. The van der Waals surface area contributed by atoms with Crippen LogP contribution in [0.15, 0.2) is 66.2 Å². The predicted octanol–water partition coefficient (Wildman–Crippen LogP) is 4.55. The zero-order chi connectivity index (χ0) is 26.7. The minimum atomic E-state index is -1.17. The number of amides is 2. The number of benzene rings is 3. The number of carbonyl (C=O) groups is 3. The van der Waals surface area contributed by atoms with Crippen LogP contribution in [0.5, 0.6) is 11.5 Å². The third-order valence-electron chi connectivity index (χ3n) is 5.29. The molecule has 0 unspecified atom stereocenters. The van der Waals surface area contributed by atoms with Crippen molar-refractivity contribution in [2.24, 2.45) is 0 Å². The molecule has 1 saturated heterocycles. The molecular formula is C26H18FIN2O6S. The summed E-state index contributed by atoms with van der Waals surface area (Å²) in [6.45, 7) is 0.104. The summed E-state index contributed by atoms with van der Waals surface area (Å²) in [7, 11) is 1.45. The van der Waals surface area contributed by atoms with Gasteiger partial charge in [0.2, 0.25) is 0 Å². The highest BCUT2D eigenvalue weighted by Gasteiger charge is 2.34. The standard InChI is InChI=1S/C26H18FIN2O6S/c1-35-21-11-15(10-20(28)22(21)36-13-14-4-2-6-17(27)8-14)9-19-23(31)29-26(37)30(24(19)32)18-7-3-5-16(12-18)25(33)34/h2-12H,13H2,1H3,(H,33,34)(H,29,31,37). The van der Waals surface area contributed by atoms with Gasteiger partial charge in [0.25, 0.3) is 11.8 Å². The summed E-state index contributed by atoms with van der Waals surface area (Å²) in [5.41, 5.74) is 1.07. The molecule has 37 heavy (non-hydrogen) atoms. The number of anilines is 1. The number of ether oxygens (including phenoxy) is 2. The van der Waals surface area contributed by atoms with Crippen LogP contribution in [0.1, 0.15) is 21.5 Å². The third-order valence-corrected chi connectivity index (χ3v) is 6.37. The SMILES string of the molecule is COc1cc(C=C2C(=O)NC(=S)N(c3cccc(C(=O)O)c3)C2=O)cc(I)c1OCc1cccc(F)c1. The molecule has 0 spiro atoms. The first kappa shape index (κ1) is 26.2. The number of halogens is 2. The van der Waals surface area contributed by atoms with Gasteiger partial charge in [-0.2, -0.15) is 0 Å². The molecule has 8 nitrogen and oxygen atoms in total. The van der Waals surface area contributed by atoms with Crippen LogP contribution in [0.25, 0.3) is 6.08 Å². The van der Waals surface area contributed by atoms with E-state index in [0.717, 1.165) is 4.90 Å². The highest BCUT2D eigenvalue weighted by molar-refractivity contribution is 14.1. The first-order valence-electron chi connectivity index (χ1n) is 10.7. The molecule has 0 saturated carbocycles. The minimum Gasteiger partial charge on any atom is -0.493 e. The molecule has 1 fully saturated rings. The summed E-state index contributed by atoms with van der Waals surface area (Å²) in [5, 5.41) is 11.6. The van der Waals surface area contributed by atoms with Gasteiger partial charge in [0.05, 0.1) is 21.9 Å². The van der Waals surface area contributed by atoms with Crippen LogP contribution in [-0.2, 0) is 16.2 Å². The Morgan fingerprint density at radius 2 is 1.92 bits per heavy atom. The smallest absolute Gasteiger partial charge is 0.335 e. The zero-order valence-electron chi connectivity index (χ0n) is 19.2. The van der Waals surface area contributed by atoms with Crippen LogP contribution in [-0.4, -0.2) is 35.1 Å². The number of rotatable bonds is 7. The van der Waals surface area contributed by atoms with Gasteiger partial charge in [-0.3, -0.25) is 19.8 Å². The molecule has 3 aromatic carbocycles. The third kappa shape index (κ3) is 5.78. The lowest BCUT2D eigenvalue weighted by Crippen LogP contribution is -2.54. The molecule has 0 aliphatic carbocycles. The number of carboxylic acid groups (broad SMARTS) is 1. The highest BCUT2D eigenvalue weighted by Crippen LogP contribution is 2.35. The lowest BCUT2D eigenvalue weighted by atomic mass is 10.1. The Morgan fingerprint density at radius 1 is 1.16 bits per heavy atom. The molecule has 0 atom stereocenters. The number of nitrogens with zero attached hydrogens (tertiary/aromatic N) is 1. The summed E-state index contributed by atoms with van der Waals surface area (Å²) in [6.07, 6.45) is 1.38. The zero-order valence-corrected chi connectivity index (χ0v) is 22.1. The van der Waals surface area contributed by atoms with Crippen molar-refractivity contribution in [1.82, 2.24) is 5.32 Å². The quantitative estimate of drug-likeness (QED) is 0.171. The fourth-order valence-electron chi connectivity index (χ4n) is 3.58. The molecule has 0 radical (unpaired) electrons. The van der Waals surface area contributed by atoms with Crippen LogP contribution in [0.3, 0.4) is 0 Å². The van der Waals surface area contributed by atoms with Crippen LogP contribution < -0.4 is 19.7 Å². The largest absolute Gasteiger partial charge is 0.493 e. The van der Waals surface area contributed by atoms with Gasteiger partial charge in [-0.15, -0.1) is 0 Å². The molecule has 2 N–H and O–H groups in total. The average Bonchev–Trinajstić information content (AvgIpc) is 2.85. The molecule has 11 heteroatoms. The lowest BCUT2D eigenvalue weighted by Gasteiger charge is -2.29. The number of nitrogens with one attached hydrogen (secondary N) is 1. The van der Waals surface area contributed by atoms with Gasteiger partial charge in [0.1, 0.15) is 18.0 Å². The van der Waals surface area contributed by atoms with Crippen molar-refractivity contribution in [3.8, 4) is 11.5 Å². The molecule has 1 aliphatic rings. The maximum absolute atomic E-state index is 13.5. The van der Waals surface area contributed by atoms with E-state index in [2.05, 4.69) is 5.32 Å². The van der Waals surface area contributed by atoms with Crippen molar-refractivity contribution < 1.29 is 33.4 Å². The van der Waals surface area contributed by atoms with E-state index in [4.69, 9.17) is 21.7 Å². The van der Waals surface area contributed by atoms with Crippen LogP contribution in [0, 0.1) is 9.39 Å². The van der Waals surface area contributed by atoms with Gasteiger partial charge >= 0.3 is 5.97 Å². The van der Waals surface area contributed by atoms with Gasteiger partial charge < -0.3 is 14.6 Å². The minimum absolute atomic E-state index is 0.0383. The maximum Gasteiger partial charge on any atom is 0.335 e. The monoisotopic (exact) mass is 632 g/mol. The van der Waals surface area contributed by atoms with Crippen LogP contribution in [0.4, 0.5) is 10.1 Å². The predicted molar refractivity (Wildman–Crippen MR) is 146 cm³/mol. The van der Waals surface area contributed by atoms with Crippen molar-refractivity contribution in [2.75, 3.05) is 12.0 Å². The molecule has 2 amide bonds. The van der Waals surface area contributed by atoms with Gasteiger partial charge in [-0.25, -0.2) is 9.18 Å². The van der Waals surface area contributed by atoms with Gasteiger partial charge in [-0.05, 0) is 94.5 Å². The summed E-state index contributed by atoms with van der Waals surface area (Å²) in [5.74, 6) is -2.18. The van der Waals surface area contributed by atoms with Crippen LogP contribution in [0.2, 0.25) is 0 Å². The van der Waals surface area contributed by atoms with E-state index in [9.17, 15) is 23.9 Å². The van der Waals surface area contributed by atoms with Crippen molar-refractivity contribution >= 4 is 69.5 Å². The maximum atomic E-state index is 13.5. The van der Waals surface area contributed by atoms with E-state index < -0.39 is 17.8 Å². The number of methoxy groups -OCH3 is 1. The molecule has 1 heterocycles. The summed E-state index contributed by atoms with van der Waals surface area (Å²) in [4.78, 5) is 38.4. The molecule has 0 bridgehead atoms. The molecule has 4 rings (SSSR count). The molecular weight excluding hydrogens is 614 g/mol. The normalized spacial score (nSPS) is 14.5. The topological polar surface area (TPSA) is 105 Å². The van der Waals surface area contributed by atoms with Crippen LogP contribution >= 0.6 is 34.8 Å². The number of aromatic carboxylic acids is 1.